The molecule has 1 amide bonds. The highest BCUT2D eigenvalue weighted by atomic mass is 32.1. The standard InChI is InChI=1S/C17H20N2O4S/c1-11(2)17-18-10-14(24-17)16(22)19-12-5-7-13(8-6-12)23-9-3-4-15(20)21/h5-8,10-11H,3-4,9H2,1-2H3,(H,19,22)(H,20,21). The number of carboxylic acids is 1. The van der Waals surface area contributed by atoms with Crippen LogP contribution in [0, 0.1) is 0 Å². The number of thiazole rings is 1. The van der Waals surface area contributed by atoms with E-state index in [0.29, 0.717) is 35.3 Å². The van der Waals surface area contributed by atoms with Crippen molar-refractivity contribution >= 4 is 28.9 Å². The Bertz CT molecular complexity index is 695. The van der Waals surface area contributed by atoms with Crippen molar-refractivity contribution in [3.63, 3.8) is 0 Å². The largest absolute Gasteiger partial charge is 0.494 e. The Morgan fingerprint density at radius 3 is 2.58 bits per heavy atom. The van der Waals surface area contributed by atoms with Crippen molar-refractivity contribution in [3.8, 4) is 5.75 Å². The summed E-state index contributed by atoms with van der Waals surface area (Å²) in [5.74, 6) is -0.0812. The van der Waals surface area contributed by atoms with Gasteiger partial charge in [0.1, 0.15) is 10.6 Å². The second-order valence-corrected chi connectivity index (χ2v) is 6.60. The van der Waals surface area contributed by atoms with Crippen LogP contribution in [0.1, 0.15) is 47.3 Å². The van der Waals surface area contributed by atoms with E-state index in [2.05, 4.69) is 10.3 Å². The molecule has 0 aliphatic rings. The number of hydrogen-bond acceptors (Lipinski definition) is 5. The summed E-state index contributed by atoms with van der Waals surface area (Å²) in [5, 5.41) is 12.3. The minimum Gasteiger partial charge on any atom is -0.494 e. The molecule has 0 fully saturated rings. The number of benzene rings is 1. The average molecular weight is 348 g/mol. The number of rotatable bonds is 8. The van der Waals surface area contributed by atoms with Gasteiger partial charge in [-0.1, -0.05) is 13.8 Å². The molecule has 1 aromatic heterocycles. The highest BCUT2D eigenvalue weighted by Gasteiger charge is 2.12. The van der Waals surface area contributed by atoms with Gasteiger partial charge in [-0.25, -0.2) is 4.98 Å². The summed E-state index contributed by atoms with van der Waals surface area (Å²) in [7, 11) is 0. The summed E-state index contributed by atoms with van der Waals surface area (Å²) < 4.78 is 5.45. The number of nitrogens with one attached hydrogen (secondary N) is 1. The molecule has 1 heterocycles. The minimum atomic E-state index is -0.833. The van der Waals surface area contributed by atoms with Crippen molar-refractivity contribution in [2.75, 3.05) is 11.9 Å². The van der Waals surface area contributed by atoms with Crippen molar-refractivity contribution in [3.05, 3.63) is 40.3 Å². The first kappa shape index (κ1) is 17.9. The molecule has 0 aliphatic carbocycles. The maximum Gasteiger partial charge on any atom is 0.303 e. The van der Waals surface area contributed by atoms with Crippen molar-refractivity contribution in [2.24, 2.45) is 0 Å². The molecule has 0 radical (unpaired) electrons. The summed E-state index contributed by atoms with van der Waals surface area (Å²) in [6.07, 6.45) is 2.13. The van der Waals surface area contributed by atoms with Crippen LogP contribution in [0.5, 0.6) is 5.75 Å². The molecule has 6 nitrogen and oxygen atoms in total. The van der Waals surface area contributed by atoms with Gasteiger partial charge in [-0.05, 0) is 30.7 Å². The fourth-order valence-electron chi connectivity index (χ4n) is 1.90. The Labute approximate surface area is 144 Å². The number of amides is 1. The van der Waals surface area contributed by atoms with Gasteiger partial charge in [-0.3, -0.25) is 9.59 Å². The van der Waals surface area contributed by atoms with E-state index in [4.69, 9.17) is 9.84 Å². The van der Waals surface area contributed by atoms with Gasteiger partial charge < -0.3 is 15.2 Å². The summed E-state index contributed by atoms with van der Waals surface area (Å²) in [6.45, 7) is 4.42. The predicted octanol–water partition coefficient (Wildman–Crippen LogP) is 3.76. The van der Waals surface area contributed by atoms with Crippen LogP contribution in [0.4, 0.5) is 5.69 Å². The Morgan fingerprint density at radius 2 is 2.00 bits per heavy atom. The van der Waals surface area contributed by atoms with Crippen LogP contribution < -0.4 is 10.1 Å². The van der Waals surface area contributed by atoms with E-state index >= 15 is 0 Å². The lowest BCUT2D eigenvalue weighted by atomic mass is 10.2. The van der Waals surface area contributed by atoms with Crippen molar-refractivity contribution in [1.29, 1.82) is 0 Å². The third-order valence-corrected chi connectivity index (χ3v) is 4.45. The Morgan fingerprint density at radius 1 is 1.29 bits per heavy atom. The van der Waals surface area contributed by atoms with E-state index in [0.717, 1.165) is 5.01 Å². The number of carbonyl (C=O) groups excluding carboxylic acids is 1. The molecule has 2 N–H and O–H groups in total. The molecule has 128 valence electrons. The van der Waals surface area contributed by atoms with Gasteiger partial charge in [-0.2, -0.15) is 0 Å². The number of nitrogens with zero attached hydrogens (tertiary/aromatic N) is 1. The first-order valence-corrected chi connectivity index (χ1v) is 8.49. The summed E-state index contributed by atoms with van der Waals surface area (Å²) in [5.41, 5.74) is 0.664. The molecule has 0 saturated heterocycles. The molecule has 7 heteroatoms. The molecule has 24 heavy (non-hydrogen) atoms. The highest BCUT2D eigenvalue weighted by Crippen LogP contribution is 2.22. The minimum absolute atomic E-state index is 0.0847. The third-order valence-electron chi connectivity index (χ3n) is 3.16. The van der Waals surface area contributed by atoms with Crippen LogP contribution in [-0.4, -0.2) is 28.6 Å². The number of carboxylic acid groups (broad SMARTS) is 1. The molecule has 0 aliphatic heterocycles. The fourth-order valence-corrected chi connectivity index (χ4v) is 2.72. The maximum atomic E-state index is 12.2. The van der Waals surface area contributed by atoms with E-state index < -0.39 is 5.97 Å². The number of anilines is 1. The molecule has 2 rings (SSSR count). The van der Waals surface area contributed by atoms with Crippen molar-refractivity contribution in [2.45, 2.75) is 32.6 Å². The van der Waals surface area contributed by atoms with Crippen molar-refractivity contribution in [1.82, 2.24) is 4.98 Å². The molecule has 2 aromatic rings. The SMILES string of the molecule is CC(C)c1ncc(C(=O)Nc2ccc(OCCCC(=O)O)cc2)s1. The van der Waals surface area contributed by atoms with Gasteiger partial charge in [0.15, 0.2) is 0 Å². The van der Waals surface area contributed by atoms with E-state index in [9.17, 15) is 9.59 Å². The highest BCUT2D eigenvalue weighted by molar-refractivity contribution is 7.13. The van der Waals surface area contributed by atoms with Gasteiger partial charge >= 0.3 is 5.97 Å². The summed E-state index contributed by atoms with van der Waals surface area (Å²) in [6, 6.07) is 6.97. The fraction of sp³-hybridized carbons (Fsp3) is 0.353. The average Bonchev–Trinajstić information content (AvgIpc) is 3.03. The second-order valence-electron chi connectivity index (χ2n) is 5.54. The molecular weight excluding hydrogens is 328 g/mol. The smallest absolute Gasteiger partial charge is 0.303 e. The molecule has 0 saturated carbocycles. The topological polar surface area (TPSA) is 88.5 Å². The third kappa shape index (κ3) is 5.34. The second kappa shape index (κ2) is 8.44. The summed E-state index contributed by atoms with van der Waals surface area (Å²) >= 11 is 1.39. The van der Waals surface area contributed by atoms with E-state index in [-0.39, 0.29) is 12.3 Å². The first-order chi connectivity index (χ1) is 11.5. The van der Waals surface area contributed by atoms with Crippen LogP contribution in [0.25, 0.3) is 0 Å². The van der Waals surface area contributed by atoms with E-state index in [1.54, 1.807) is 30.5 Å². The zero-order valence-corrected chi connectivity index (χ0v) is 14.4. The van der Waals surface area contributed by atoms with Gasteiger partial charge in [-0.15, -0.1) is 11.3 Å². The maximum absolute atomic E-state index is 12.2. The van der Waals surface area contributed by atoms with Gasteiger partial charge in [0.2, 0.25) is 0 Å². The molecule has 0 atom stereocenters. The Balaban J connectivity index is 1.86. The number of aliphatic carboxylic acids is 1. The summed E-state index contributed by atoms with van der Waals surface area (Å²) in [4.78, 5) is 27.4. The van der Waals surface area contributed by atoms with Crippen LogP contribution in [-0.2, 0) is 4.79 Å². The zero-order valence-electron chi connectivity index (χ0n) is 13.6. The lowest BCUT2D eigenvalue weighted by molar-refractivity contribution is -0.137. The quantitative estimate of drug-likeness (QED) is 0.709. The first-order valence-electron chi connectivity index (χ1n) is 7.67. The van der Waals surface area contributed by atoms with Gasteiger partial charge in [0.25, 0.3) is 5.91 Å². The Kier molecular flexibility index (Phi) is 6.31. The predicted molar refractivity (Wildman–Crippen MR) is 93.0 cm³/mol. The monoisotopic (exact) mass is 348 g/mol. The van der Waals surface area contributed by atoms with E-state index in [1.165, 1.54) is 11.3 Å². The molecule has 1 aromatic carbocycles. The van der Waals surface area contributed by atoms with Gasteiger partial charge in [0, 0.05) is 18.0 Å². The number of aromatic nitrogens is 1. The van der Waals surface area contributed by atoms with Crippen molar-refractivity contribution < 1.29 is 19.4 Å². The van der Waals surface area contributed by atoms with E-state index in [1.807, 2.05) is 13.8 Å². The molecule has 0 bridgehead atoms. The Hall–Kier alpha value is -2.41. The lowest BCUT2D eigenvalue weighted by Gasteiger charge is -2.07. The zero-order chi connectivity index (χ0) is 17.5. The van der Waals surface area contributed by atoms with Crippen LogP contribution in [0.3, 0.4) is 0 Å². The lowest BCUT2D eigenvalue weighted by Crippen LogP contribution is -2.10. The number of hydrogen-bond donors (Lipinski definition) is 2. The number of carbonyl (C=O) groups is 2. The van der Waals surface area contributed by atoms with Crippen LogP contribution in [0.15, 0.2) is 30.5 Å². The van der Waals surface area contributed by atoms with Crippen LogP contribution in [0.2, 0.25) is 0 Å². The van der Waals surface area contributed by atoms with Crippen LogP contribution >= 0.6 is 11.3 Å². The van der Waals surface area contributed by atoms with Gasteiger partial charge in [0.05, 0.1) is 17.8 Å². The normalized spacial score (nSPS) is 10.6. The molecule has 0 spiro atoms. The number of ether oxygens (including phenoxy) is 1. The molecule has 0 unspecified atom stereocenters. The molecular formula is C17H20N2O4S.